The summed E-state index contributed by atoms with van der Waals surface area (Å²) in [6.45, 7) is 2.98. The molecule has 7 rings (SSSR count). The van der Waals surface area contributed by atoms with Crippen molar-refractivity contribution in [2.75, 3.05) is 24.6 Å². The molecule has 0 radical (unpaired) electrons. The van der Waals surface area contributed by atoms with E-state index in [4.69, 9.17) is 19.2 Å². The van der Waals surface area contributed by atoms with Crippen LogP contribution in [0.25, 0.3) is 10.2 Å². The minimum absolute atomic E-state index is 0.224. The average Bonchev–Trinajstić information content (AvgIpc) is 3.72. The van der Waals surface area contributed by atoms with Crippen molar-refractivity contribution in [3.63, 3.8) is 0 Å². The summed E-state index contributed by atoms with van der Waals surface area (Å²) in [7, 11) is 0. The van der Waals surface area contributed by atoms with E-state index in [1.807, 2.05) is 30.3 Å². The first-order valence-corrected chi connectivity index (χ1v) is 16.7. The molecule has 0 spiro atoms. The molecule has 11 nitrogen and oxygen atoms in total. The van der Waals surface area contributed by atoms with Gasteiger partial charge in [0.15, 0.2) is 5.13 Å². The van der Waals surface area contributed by atoms with Gasteiger partial charge in [0.05, 0.1) is 10.2 Å². The zero-order chi connectivity index (χ0) is 34.0. The van der Waals surface area contributed by atoms with Crippen LogP contribution in [-0.4, -0.2) is 51.6 Å². The van der Waals surface area contributed by atoms with Gasteiger partial charge in [0.1, 0.15) is 42.8 Å². The number of piperidine rings is 1. The number of nitrogens with zero attached hydrogens (tertiary/aromatic N) is 5. The number of halogens is 3. The molecular weight excluding hydrogens is 663 g/mol. The number of ether oxygens (including phenoxy) is 4. The molecule has 0 amide bonds. The molecule has 0 N–H and O–H groups in total. The molecule has 3 aromatic carbocycles. The fourth-order valence-corrected chi connectivity index (χ4v) is 7.03. The van der Waals surface area contributed by atoms with Crippen molar-refractivity contribution in [3.8, 4) is 23.3 Å². The minimum Gasteiger partial charge on any atom is -0.490 e. The SMILES string of the molecule is O=[N+]([O-])c1cn2c(n1)OC(COc1ccc3nc(N4CCC(Cc5ccc(OCc6ccc(OC(F)(F)F)cc6)cc5)CC4)sc3c1)CC2. The molecule has 1 saturated heterocycles. The number of fused-ring (bicyclic) bond motifs is 2. The van der Waals surface area contributed by atoms with E-state index < -0.39 is 11.3 Å². The zero-order valence-electron chi connectivity index (χ0n) is 26.2. The predicted octanol–water partition coefficient (Wildman–Crippen LogP) is 7.57. The highest BCUT2D eigenvalue weighted by molar-refractivity contribution is 7.22. The first-order valence-electron chi connectivity index (χ1n) is 15.9. The highest BCUT2D eigenvalue weighted by atomic mass is 32.1. The van der Waals surface area contributed by atoms with E-state index in [9.17, 15) is 23.3 Å². The third-order valence-corrected chi connectivity index (χ3v) is 9.64. The van der Waals surface area contributed by atoms with Gasteiger partial charge in [0.2, 0.25) is 0 Å². The third-order valence-electron chi connectivity index (χ3n) is 8.56. The molecule has 2 aromatic heterocycles. The van der Waals surface area contributed by atoms with Crippen LogP contribution in [-0.2, 0) is 19.6 Å². The van der Waals surface area contributed by atoms with Crippen LogP contribution >= 0.6 is 11.3 Å². The van der Waals surface area contributed by atoms with Crippen molar-refractivity contribution >= 4 is 32.5 Å². The first kappa shape index (κ1) is 32.5. The van der Waals surface area contributed by atoms with Crippen LogP contribution in [0.5, 0.6) is 23.3 Å². The highest BCUT2D eigenvalue weighted by Crippen LogP contribution is 2.35. The first-order chi connectivity index (χ1) is 23.6. The van der Waals surface area contributed by atoms with Crippen molar-refractivity contribution in [2.45, 2.75) is 51.3 Å². The van der Waals surface area contributed by atoms with Crippen molar-refractivity contribution in [1.82, 2.24) is 14.5 Å². The van der Waals surface area contributed by atoms with Crippen LogP contribution in [0.1, 0.15) is 30.4 Å². The molecule has 2 aliphatic rings. The molecule has 1 fully saturated rings. The summed E-state index contributed by atoms with van der Waals surface area (Å²) >= 11 is 1.65. The second-order valence-corrected chi connectivity index (χ2v) is 13.1. The molecule has 0 bridgehead atoms. The van der Waals surface area contributed by atoms with Gasteiger partial charge in [-0.05, 0) is 83.7 Å². The van der Waals surface area contributed by atoms with E-state index in [2.05, 4.69) is 26.8 Å². The Morgan fingerprint density at radius 3 is 2.35 bits per heavy atom. The van der Waals surface area contributed by atoms with Crippen molar-refractivity contribution in [1.29, 1.82) is 0 Å². The largest absolute Gasteiger partial charge is 0.573 e. The number of anilines is 1. The van der Waals surface area contributed by atoms with Gasteiger partial charge in [0.25, 0.3) is 0 Å². The molecule has 0 saturated carbocycles. The summed E-state index contributed by atoms with van der Waals surface area (Å²) < 4.78 is 61.4. The molecule has 4 heterocycles. The number of hydrogen-bond donors (Lipinski definition) is 0. The molecule has 5 aromatic rings. The number of aryl methyl sites for hydroxylation is 1. The van der Waals surface area contributed by atoms with Crippen molar-refractivity contribution in [3.05, 3.63) is 94.2 Å². The maximum Gasteiger partial charge on any atom is 0.573 e. The van der Waals surface area contributed by atoms with E-state index in [0.29, 0.717) is 31.2 Å². The van der Waals surface area contributed by atoms with E-state index >= 15 is 0 Å². The van der Waals surface area contributed by atoms with Gasteiger partial charge >= 0.3 is 18.2 Å². The lowest BCUT2D eigenvalue weighted by atomic mass is 9.90. The quantitative estimate of drug-likeness (QED) is 0.102. The summed E-state index contributed by atoms with van der Waals surface area (Å²) in [6.07, 6.45) is 0.169. The molecule has 1 unspecified atom stereocenters. The van der Waals surface area contributed by atoms with Gasteiger partial charge in [-0.15, -0.1) is 13.2 Å². The normalized spacial score (nSPS) is 16.6. The Kier molecular flexibility index (Phi) is 9.17. The van der Waals surface area contributed by atoms with E-state index in [1.54, 1.807) is 28.0 Å². The summed E-state index contributed by atoms with van der Waals surface area (Å²) in [5, 5.41) is 12.0. The monoisotopic (exact) mass is 695 g/mol. The van der Waals surface area contributed by atoms with Crippen LogP contribution in [0.2, 0.25) is 0 Å². The Labute approximate surface area is 283 Å². The maximum absolute atomic E-state index is 12.4. The van der Waals surface area contributed by atoms with E-state index in [0.717, 1.165) is 59.0 Å². The minimum atomic E-state index is -4.71. The van der Waals surface area contributed by atoms with Gasteiger partial charge in [-0.25, -0.2) is 4.98 Å². The zero-order valence-corrected chi connectivity index (χ0v) is 27.0. The Morgan fingerprint density at radius 2 is 1.61 bits per heavy atom. The number of hydrogen-bond acceptors (Lipinski definition) is 10. The molecule has 256 valence electrons. The number of rotatable bonds is 11. The van der Waals surface area contributed by atoms with Crippen LogP contribution in [0.3, 0.4) is 0 Å². The average molecular weight is 696 g/mol. The summed E-state index contributed by atoms with van der Waals surface area (Å²) in [6, 6.07) is 19.7. The lowest BCUT2D eigenvalue weighted by Gasteiger charge is -2.31. The maximum atomic E-state index is 12.4. The number of aromatic nitrogens is 3. The van der Waals surface area contributed by atoms with Gasteiger partial charge < -0.3 is 34.0 Å². The fraction of sp³-hybridized carbons (Fsp3) is 0.353. The highest BCUT2D eigenvalue weighted by Gasteiger charge is 2.31. The summed E-state index contributed by atoms with van der Waals surface area (Å²) in [4.78, 5) is 21.6. The number of alkyl halides is 3. The standard InChI is InChI=1S/C34H32F3N5O6S/c35-34(36,37)48-26-7-3-24(4-8-26)20-45-25-5-1-22(2-6-25)17-23-11-14-40(15-12-23)33-38-29-10-9-27(18-30(29)49-33)46-21-28-13-16-41-19-31(42(43)44)39-32(41)47-28/h1-10,18-19,23,28H,11-17,20-21H2. The molecular formula is C34H32F3N5O6S. The number of nitro groups is 1. The van der Waals surface area contributed by atoms with Crippen molar-refractivity contribution in [2.24, 2.45) is 5.92 Å². The fourth-order valence-electron chi connectivity index (χ4n) is 5.98. The Balaban J connectivity index is 0.859. The van der Waals surface area contributed by atoms with Gasteiger partial charge in [-0.3, -0.25) is 4.57 Å². The predicted molar refractivity (Wildman–Crippen MR) is 176 cm³/mol. The molecule has 15 heteroatoms. The molecule has 49 heavy (non-hydrogen) atoms. The van der Waals surface area contributed by atoms with Crippen LogP contribution in [0, 0.1) is 16.0 Å². The summed E-state index contributed by atoms with van der Waals surface area (Å²) in [5.74, 6) is 1.49. The van der Waals surface area contributed by atoms with Crippen LogP contribution in [0.4, 0.5) is 24.1 Å². The molecule has 1 atom stereocenters. The number of thiazole rings is 1. The second-order valence-electron chi connectivity index (χ2n) is 12.1. The lowest BCUT2D eigenvalue weighted by molar-refractivity contribution is -0.389. The summed E-state index contributed by atoms with van der Waals surface area (Å²) in [5.41, 5.74) is 2.90. The van der Waals surface area contributed by atoms with E-state index in [1.165, 1.54) is 23.9 Å². The Bertz CT molecular complexity index is 1910. The molecule has 2 aliphatic heterocycles. The Morgan fingerprint density at radius 1 is 0.898 bits per heavy atom. The lowest BCUT2D eigenvalue weighted by Crippen LogP contribution is -2.34. The number of imidazole rings is 1. The topological polar surface area (TPSA) is 114 Å². The van der Waals surface area contributed by atoms with E-state index in [-0.39, 0.29) is 30.3 Å². The number of benzene rings is 3. The smallest absolute Gasteiger partial charge is 0.490 e. The third kappa shape index (κ3) is 8.16. The molecule has 0 aliphatic carbocycles. The van der Waals surface area contributed by atoms with Gasteiger partial charge in [-0.2, -0.15) is 0 Å². The Hall–Kier alpha value is -5.05. The van der Waals surface area contributed by atoms with Crippen LogP contribution < -0.4 is 23.8 Å². The van der Waals surface area contributed by atoms with Crippen molar-refractivity contribution < 1.29 is 37.0 Å². The van der Waals surface area contributed by atoms with Crippen LogP contribution in [0.15, 0.2) is 72.9 Å². The van der Waals surface area contributed by atoms with Gasteiger partial charge in [-0.1, -0.05) is 35.6 Å². The van der Waals surface area contributed by atoms with Gasteiger partial charge in [0, 0.05) is 31.0 Å². The second kappa shape index (κ2) is 13.8.